The zero-order valence-corrected chi connectivity index (χ0v) is 9.48. The number of nitrogens with one attached hydrogen (secondary N) is 1. The molecule has 0 fully saturated rings. The number of H-pyrrole nitrogens is 1. The van der Waals surface area contributed by atoms with Gasteiger partial charge < -0.3 is 4.98 Å². The largest absolute Gasteiger partial charge is 0.337 e. The summed E-state index contributed by atoms with van der Waals surface area (Å²) >= 11 is 1.63. The van der Waals surface area contributed by atoms with Gasteiger partial charge in [-0.1, -0.05) is 17.2 Å². The van der Waals surface area contributed by atoms with Gasteiger partial charge in [-0.2, -0.15) is 0 Å². The predicted octanol–water partition coefficient (Wildman–Crippen LogP) is 4.23. The molecule has 17 heavy (non-hydrogen) atoms. The topological polar surface area (TPSA) is 77.4 Å². The van der Waals surface area contributed by atoms with E-state index in [0.717, 1.165) is 21.7 Å². The smallest absolute Gasteiger partial charge is 0.148 e. The van der Waals surface area contributed by atoms with Crippen molar-refractivity contribution in [2.24, 2.45) is 5.11 Å². The van der Waals surface area contributed by atoms with Crippen LogP contribution in [0.25, 0.3) is 32.2 Å². The zero-order chi connectivity index (χ0) is 11.7. The second-order valence-electron chi connectivity index (χ2n) is 3.45. The van der Waals surface area contributed by atoms with Crippen molar-refractivity contribution in [3.05, 3.63) is 46.2 Å². The van der Waals surface area contributed by atoms with Crippen LogP contribution >= 0.6 is 11.3 Å². The van der Waals surface area contributed by atoms with Gasteiger partial charge in [-0.05, 0) is 29.1 Å². The monoisotopic (exact) mass is 241 g/mol. The Kier molecular flexibility index (Phi) is 2.29. The highest BCUT2D eigenvalue weighted by Crippen LogP contribution is 2.26. The number of aromatic nitrogens is 2. The Labute approximate surface area is 100 Å². The highest BCUT2D eigenvalue weighted by molar-refractivity contribution is 7.13. The number of thiophene rings is 1. The van der Waals surface area contributed by atoms with Crippen LogP contribution in [0, 0.1) is 0 Å². The third kappa shape index (κ3) is 1.75. The van der Waals surface area contributed by atoms with E-state index in [1.165, 1.54) is 0 Å². The van der Waals surface area contributed by atoms with Gasteiger partial charge in [0.25, 0.3) is 0 Å². The lowest BCUT2D eigenvalue weighted by molar-refractivity contribution is 1.36. The summed E-state index contributed by atoms with van der Waals surface area (Å²) in [6.07, 6.45) is 0. The minimum atomic E-state index is 0.585. The fourth-order valence-corrected chi connectivity index (χ4v) is 2.31. The van der Waals surface area contributed by atoms with E-state index in [9.17, 15) is 0 Å². The van der Waals surface area contributed by atoms with Crippen molar-refractivity contribution in [3.8, 4) is 10.7 Å². The normalized spacial score (nSPS) is 10.4. The summed E-state index contributed by atoms with van der Waals surface area (Å²) in [4.78, 5) is 11.5. The van der Waals surface area contributed by atoms with Crippen molar-refractivity contribution >= 4 is 28.1 Å². The van der Waals surface area contributed by atoms with Crippen molar-refractivity contribution in [2.45, 2.75) is 0 Å². The summed E-state index contributed by atoms with van der Waals surface area (Å²) in [7, 11) is 0. The molecular weight excluding hydrogens is 234 g/mol. The van der Waals surface area contributed by atoms with Crippen LogP contribution < -0.4 is 0 Å². The fourth-order valence-electron chi connectivity index (χ4n) is 1.64. The predicted molar refractivity (Wildman–Crippen MR) is 68.2 cm³/mol. The Morgan fingerprint density at radius 2 is 2.29 bits per heavy atom. The maximum Gasteiger partial charge on any atom is 0.148 e. The lowest BCUT2D eigenvalue weighted by Gasteiger charge is -1.89. The molecule has 0 radical (unpaired) electrons. The van der Waals surface area contributed by atoms with Crippen LogP contribution in [0.15, 0.2) is 40.8 Å². The van der Waals surface area contributed by atoms with E-state index in [0.29, 0.717) is 5.69 Å². The highest BCUT2D eigenvalue weighted by atomic mass is 32.1. The van der Waals surface area contributed by atoms with Gasteiger partial charge in [0.05, 0.1) is 15.9 Å². The van der Waals surface area contributed by atoms with Crippen LogP contribution in [0.3, 0.4) is 0 Å². The Bertz CT molecular complexity index is 707. The van der Waals surface area contributed by atoms with Gasteiger partial charge in [-0.25, -0.2) is 4.98 Å². The molecule has 0 aliphatic carbocycles. The summed E-state index contributed by atoms with van der Waals surface area (Å²) < 4.78 is 0. The van der Waals surface area contributed by atoms with Gasteiger partial charge >= 0.3 is 0 Å². The summed E-state index contributed by atoms with van der Waals surface area (Å²) in [5.41, 5.74) is 10.7. The third-order valence-electron chi connectivity index (χ3n) is 2.38. The Balaban J connectivity index is 2.16. The first-order valence-electron chi connectivity index (χ1n) is 4.95. The van der Waals surface area contributed by atoms with Gasteiger partial charge in [-0.3, -0.25) is 0 Å². The molecule has 3 aromatic rings. The quantitative estimate of drug-likeness (QED) is 0.406. The van der Waals surface area contributed by atoms with E-state index in [4.69, 9.17) is 5.53 Å². The van der Waals surface area contributed by atoms with Crippen molar-refractivity contribution in [3.63, 3.8) is 0 Å². The number of benzene rings is 1. The van der Waals surface area contributed by atoms with Crippen LogP contribution in [-0.4, -0.2) is 9.97 Å². The van der Waals surface area contributed by atoms with Crippen LogP contribution in [0.4, 0.5) is 5.69 Å². The molecule has 2 aromatic heterocycles. The van der Waals surface area contributed by atoms with Crippen molar-refractivity contribution < 1.29 is 0 Å². The number of rotatable bonds is 2. The molecule has 0 aliphatic rings. The maximum atomic E-state index is 8.38. The molecule has 6 heteroatoms. The SMILES string of the molecule is [N-]=[N+]=Nc1ccc2nc(-c3cccs3)[nH]c2c1. The van der Waals surface area contributed by atoms with Crippen molar-refractivity contribution in [1.82, 2.24) is 9.97 Å². The summed E-state index contributed by atoms with van der Waals surface area (Å²) in [6.45, 7) is 0. The summed E-state index contributed by atoms with van der Waals surface area (Å²) in [5, 5.41) is 5.57. The van der Waals surface area contributed by atoms with Gasteiger partial charge in [-0.15, -0.1) is 11.3 Å². The second-order valence-corrected chi connectivity index (χ2v) is 4.40. The lowest BCUT2D eigenvalue weighted by atomic mass is 10.3. The third-order valence-corrected chi connectivity index (χ3v) is 3.26. The molecule has 0 saturated heterocycles. The summed E-state index contributed by atoms with van der Waals surface area (Å²) in [6, 6.07) is 9.38. The zero-order valence-electron chi connectivity index (χ0n) is 8.66. The lowest BCUT2D eigenvalue weighted by Crippen LogP contribution is -1.72. The van der Waals surface area contributed by atoms with Gasteiger partial charge in [0.2, 0.25) is 0 Å². The first kappa shape index (κ1) is 9.89. The van der Waals surface area contributed by atoms with Crippen molar-refractivity contribution in [1.29, 1.82) is 0 Å². The number of aromatic amines is 1. The van der Waals surface area contributed by atoms with E-state index in [1.54, 1.807) is 23.5 Å². The molecule has 0 aliphatic heterocycles. The molecule has 0 unspecified atom stereocenters. The molecule has 1 aromatic carbocycles. The molecule has 0 atom stereocenters. The van der Waals surface area contributed by atoms with Crippen molar-refractivity contribution in [2.75, 3.05) is 0 Å². The Morgan fingerprint density at radius 1 is 1.35 bits per heavy atom. The molecule has 1 N–H and O–H groups in total. The molecule has 0 spiro atoms. The molecule has 82 valence electrons. The molecule has 5 nitrogen and oxygen atoms in total. The van der Waals surface area contributed by atoms with E-state index >= 15 is 0 Å². The number of imidazole rings is 1. The van der Waals surface area contributed by atoms with E-state index in [2.05, 4.69) is 20.0 Å². The standard InChI is InChI=1S/C11H7N5S/c12-16-15-7-3-4-8-9(6-7)14-11(13-8)10-2-1-5-17-10/h1-6H,(H,13,14). The van der Waals surface area contributed by atoms with Gasteiger partial charge in [0.1, 0.15) is 5.82 Å². The average Bonchev–Trinajstić information content (AvgIpc) is 2.97. The molecule has 2 heterocycles. The minimum Gasteiger partial charge on any atom is -0.337 e. The number of fused-ring (bicyclic) bond motifs is 1. The maximum absolute atomic E-state index is 8.38. The molecular formula is C11H7N5S. The van der Waals surface area contributed by atoms with Crippen LogP contribution in [0.5, 0.6) is 0 Å². The highest BCUT2D eigenvalue weighted by Gasteiger charge is 2.05. The van der Waals surface area contributed by atoms with Crippen LogP contribution in [-0.2, 0) is 0 Å². The van der Waals surface area contributed by atoms with Gasteiger partial charge in [0, 0.05) is 10.6 Å². The number of nitrogens with zero attached hydrogens (tertiary/aromatic N) is 4. The number of hydrogen-bond acceptors (Lipinski definition) is 3. The first-order chi connectivity index (χ1) is 8.36. The van der Waals surface area contributed by atoms with Crippen LogP contribution in [0.1, 0.15) is 0 Å². The minimum absolute atomic E-state index is 0.585. The number of azide groups is 1. The molecule has 3 rings (SSSR count). The number of hydrogen-bond donors (Lipinski definition) is 1. The van der Waals surface area contributed by atoms with Crippen LogP contribution in [0.2, 0.25) is 0 Å². The first-order valence-corrected chi connectivity index (χ1v) is 5.83. The van der Waals surface area contributed by atoms with E-state index < -0.39 is 0 Å². The summed E-state index contributed by atoms with van der Waals surface area (Å²) in [5.74, 6) is 0.841. The Morgan fingerprint density at radius 3 is 3.06 bits per heavy atom. The molecule has 0 bridgehead atoms. The fraction of sp³-hybridized carbons (Fsp3) is 0. The van der Waals surface area contributed by atoms with Gasteiger partial charge in [0.15, 0.2) is 0 Å². The average molecular weight is 241 g/mol. The molecule has 0 saturated carbocycles. The second kappa shape index (κ2) is 3.93. The molecule has 0 amide bonds. The van der Waals surface area contributed by atoms with E-state index in [-0.39, 0.29) is 0 Å². The van der Waals surface area contributed by atoms with E-state index in [1.807, 2.05) is 23.6 Å². The Hall–Kier alpha value is -2.30.